The van der Waals surface area contributed by atoms with Gasteiger partial charge in [0.25, 0.3) is 0 Å². The smallest absolute Gasteiger partial charge is 0.225 e. The zero-order valence-electron chi connectivity index (χ0n) is 18.7. The summed E-state index contributed by atoms with van der Waals surface area (Å²) in [6.45, 7) is 7.25. The second kappa shape index (κ2) is 10.8. The number of nitrogens with one attached hydrogen (secondary N) is 1. The molecule has 170 valence electrons. The first-order chi connectivity index (χ1) is 15.7. The molecule has 1 amide bonds. The Kier molecular flexibility index (Phi) is 7.37. The summed E-state index contributed by atoms with van der Waals surface area (Å²) < 4.78 is 0. The van der Waals surface area contributed by atoms with E-state index < -0.39 is 0 Å². The van der Waals surface area contributed by atoms with E-state index >= 15 is 0 Å². The number of benzene rings is 1. The lowest BCUT2D eigenvalue weighted by molar-refractivity contribution is -0.131. The van der Waals surface area contributed by atoms with E-state index in [1.807, 2.05) is 17.0 Å². The third-order valence-corrected chi connectivity index (χ3v) is 6.00. The third-order valence-electron chi connectivity index (χ3n) is 6.00. The molecule has 0 spiro atoms. The van der Waals surface area contributed by atoms with Gasteiger partial charge in [-0.1, -0.05) is 18.2 Å². The lowest BCUT2D eigenvalue weighted by Gasteiger charge is -2.38. The lowest BCUT2D eigenvalue weighted by Crippen LogP contribution is -2.53. The molecule has 2 saturated heterocycles. The van der Waals surface area contributed by atoms with E-state index in [4.69, 9.17) is 0 Å². The van der Waals surface area contributed by atoms with Crippen LogP contribution in [0, 0.1) is 0 Å². The van der Waals surface area contributed by atoms with E-state index in [1.165, 1.54) is 5.69 Å². The molecule has 0 saturated carbocycles. The number of nitrogens with zero attached hydrogens (tertiary/aromatic N) is 7. The van der Waals surface area contributed by atoms with Gasteiger partial charge in [-0.2, -0.15) is 0 Å². The van der Waals surface area contributed by atoms with Crippen molar-refractivity contribution < 1.29 is 4.79 Å². The summed E-state index contributed by atoms with van der Waals surface area (Å²) in [5, 5.41) is 3.38. The van der Waals surface area contributed by atoms with Crippen molar-refractivity contribution in [2.45, 2.75) is 6.42 Å². The summed E-state index contributed by atoms with van der Waals surface area (Å²) in [5.41, 5.74) is 1.26. The quantitative estimate of drug-likeness (QED) is 0.551. The van der Waals surface area contributed by atoms with Gasteiger partial charge < -0.3 is 24.9 Å². The van der Waals surface area contributed by atoms with Crippen molar-refractivity contribution in [3.8, 4) is 0 Å². The maximum Gasteiger partial charge on any atom is 0.225 e. The standard InChI is InChI=1S/C23H32N8O/c1-24-22(30-16-12-28(13-17-30)20-6-3-2-4-7-20)27-11-8-21(32)29-14-18-31(19-15-29)23-25-9-5-10-26-23/h2-7,9-10H,8,11-19H2,1H3,(H,24,27). The highest BCUT2D eigenvalue weighted by Crippen LogP contribution is 2.15. The summed E-state index contributed by atoms with van der Waals surface area (Å²) in [5.74, 6) is 1.78. The van der Waals surface area contributed by atoms with Crippen LogP contribution in [0.4, 0.5) is 11.6 Å². The van der Waals surface area contributed by atoms with Crippen LogP contribution in [0.2, 0.25) is 0 Å². The van der Waals surface area contributed by atoms with Crippen LogP contribution in [0.25, 0.3) is 0 Å². The number of para-hydroxylation sites is 1. The average Bonchev–Trinajstić information content (AvgIpc) is 2.88. The van der Waals surface area contributed by atoms with Crippen LogP contribution < -0.4 is 15.1 Å². The molecule has 0 atom stereocenters. The van der Waals surface area contributed by atoms with Gasteiger partial charge in [0.2, 0.25) is 11.9 Å². The highest BCUT2D eigenvalue weighted by molar-refractivity contribution is 5.81. The first kappa shape index (κ1) is 21.9. The number of carbonyl (C=O) groups excluding carboxylic acids is 1. The van der Waals surface area contributed by atoms with Crippen molar-refractivity contribution in [1.82, 2.24) is 25.1 Å². The van der Waals surface area contributed by atoms with Crippen LogP contribution in [0.15, 0.2) is 53.8 Å². The Hall–Kier alpha value is -3.36. The van der Waals surface area contributed by atoms with Gasteiger partial charge in [-0.05, 0) is 18.2 Å². The van der Waals surface area contributed by atoms with Gasteiger partial charge in [0.05, 0.1) is 0 Å². The summed E-state index contributed by atoms with van der Waals surface area (Å²) >= 11 is 0. The minimum absolute atomic E-state index is 0.176. The number of amides is 1. The van der Waals surface area contributed by atoms with E-state index in [0.717, 1.165) is 51.2 Å². The molecule has 3 heterocycles. The van der Waals surface area contributed by atoms with Crippen LogP contribution in [-0.2, 0) is 4.79 Å². The van der Waals surface area contributed by atoms with Crippen LogP contribution >= 0.6 is 0 Å². The Morgan fingerprint density at radius 3 is 2.16 bits per heavy atom. The maximum atomic E-state index is 12.7. The topological polar surface area (TPSA) is 80.2 Å². The van der Waals surface area contributed by atoms with Gasteiger partial charge in [0.15, 0.2) is 5.96 Å². The van der Waals surface area contributed by atoms with E-state index in [1.54, 1.807) is 19.4 Å². The Morgan fingerprint density at radius 2 is 1.50 bits per heavy atom. The van der Waals surface area contributed by atoms with Crippen molar-refractivity contribution in [3.63, 3.8) is 0 Å². The van der Waals surface area contributed by atoms with Crippen LogP contribution in [-0.4, -0.2) is 97.6 Å². The molecule has 9 heteroatoms. The predicted octanol–water partition coefficient (Wildman–Crippen LogP) is 0.913. The molecule has 9 nitrogen and oxygen atoms in total. The van der Waals surface area contributed by atoms with Crippen molar-refractivity contribution in [2.24, 2.45) is 4.99 Å². The van der Waals surface area contributed by atoms with Crippen molar-refractivity contribution >= 4 is 23.5 Å². The summed E-state index contributed by atoms with van der Waals surface area (Å²) in [6.07, 6.45) is 3.96. The Morgan fingerprint density at radius 1 is 0.875 bits per heavy atom. The lowest BCUT2D eigenvalue weighted by atomic mass is 10.2. The van der Waals surface area contributed by atoms with Gasteiger partial charge >= 0.3 is 0 Å². The van der Waals surface area contributed by atoms with Gasteiger partial charge in [0, 0.05) is 90.5 Å². The highest BCUT2D eigenvalue weighted by atomic mass is 16.2. The molecule has 1 aromatic heterocycles. The monoisotopic (exact) mass is 436 g/mol. The molecule has 2 aliphatic rings. The van der Waals surface area contributed by atoms with Crippen LogP contribution in [0.1, 0.15) is 6.42 Å². The maximum absolute atomic E-state index is 12.7. The average molecular weight is 437 g/mol. The number of piperazine rings is 2. The number of hydrogen-bond acceptors (Lipinski definition) is 6. The predicted molar refractivity (Wildman–Crippen MR) is 127 cm³/mol. The fraction of sp³-hybridized carbons (Fsp3) is 0.478. The molecule has 2 fully saturated rings. The van der Waals surface area contributed by atoms with Crippen LogP contribution in [0.5, 0.6) is 0 Å². The molecule has 0 bridgehead atoms. The molecule has 0 radical (unpaired) electrons. The number of hydrogen-bond donors (Lipinski definition) is 1. The molecular formula is C23H32N8O. The Labute approximate surface area is 189 Å². The fourth-order valence-corrected chi connectivity index (χ4v) is 4.20. The van der Waals surface area contributed by atoms with E-state index in [-0.39, 0.29) is 5.91 Å². The number of rotatable bonds is 5. The van der Waals surface area contributed by atoms with Gasteiger partial charge in [-0.25, -0.2) is 9.97 Å². The van der Waals surface area contributed by atoms with Crippen molar-refractivity contribution in [1.29, 1.82) is 0 Å². The van der Waals surface area contributed by atoms with E-state index in [9.17, 15) is 4.79 Å². The first-order valence-corrected chi connectivity index (χ1v) is 11.3. The molecule has 0 aliphatic carbocycles. The zero-order valence-corrected chi connectivity index (χ0v) is 18.7. The molecular weight excluding hydrogens is 404 g/mol. The normalized spacial score (nSPS) is 17.5. The molecule has 2 aromatic rings. The molecule has 4 rings (SSSR count). The van der Waals surface area contributed by atoms with E-state index in [0.29, 0.717) is 26.1 Å². The third kappa shape index (κ3) is 5.46. The van der Waals surface area contributed by atoms with Gasteiger partial charge in [-0.3, -0.25) is 9.79 Å². The molecule has 32 heavy (non-hydrogen) atoms. The molecule has 1 N–H and O–H groups in total. The first-order valence-electron chi connectivity index (χ1n) is 11.3. The van der Waals surface area contributed by atoms with Gasteiger partial charge in [-0.15, -0.1) is 0 Å². The number of guanidine groups is 1. The summed E-state index contributed by atoms with van der Waals surface area (Å²) in [7, 11) is 1.80. The Bertz CT molecular complexity index is 875. The largest absolute Gasteiger partial charge is 0.368 e. The van der Waals surface area contributed by atoms with Gasteiger partial charge in [0.1, 0.15) is 0 Å². The fourth-order valence-electron chi connectivity index (χ4n) is 4.20. The summed E-state index contributed by atoms with van der Waals surface area (Å²) in [6, 6.07) is 12.3. The van der Waals surface area contributed by atoms with Crippen LogP contribution in [0.3, 0.4) is 0 Å². The minimum atomic E-state index is 0.176. The highest BCUT2D eigenvalue weighted by Gasteiger charge is 2.23. The Balaban J connectivity index is 1.17. The SMILES string of the molecule is CN=C(NCCC(=O)N1CCN(c2ncccn2)CC1)N1CCN(c2ccccc2)CC1. The summed E-state index contributed by atoms with van der Waals surface area (Å²) in [4.78, 5) is 34.4. The number of aromatic nitrogens is 2. The minimum Gasteiger partial charge on any atom is -0.368 e. The number of aliphatic imine (C=N–C) groups is 1. The van der Waals surface area contributed by atoms with Crippen molar-refractivity contribution in [3.05, 3.63) is 48.8 Å². The van der Waals surface area contributed by atoms with E-state index in [2.05, 4.69) is 59.2 Å². The molecule has 1 aromatic carbocycles. The zero-order chi connectivity index (χ0) is 22.2. The number of anilines is 2. The molecule has 2 aliphatic heterocycles. The molecule has 0 unspecified atom stereocenters. The van der Waals surface area contributed by atoms with Crippen molar-refractivity contribution in [2.75, 3.05) is 75.8 Å². The second-order valence-electron chi connectivity index (χ2n) is 7.95. The second-order valence-corrected chi connectivity index (χ2v) is 7.95. The number of carbonyl (C=O) groups is 1.